The molecular weight excluding hydrogens is 136 g/mol. The lowest BCUT2D eigenvalue weighted by molar-refractivity contribution is 0.334. The first-order valence-electron chi connectivity index (χ1n) is 4.52. The second-order valence-electron chi connectivity index (χ2n) is 3.04. The molecule has 0 saturated heterocycles. The number of nitrogens with zero attached hydrogens (tertiary/aromatic N) is 1. The van der Waals surface area contributed by atoms with Gasteiger partial charge < -0.3 is 10.6 Å². The minimum atomic E-state index is 0.306. The lowest BCUT2D eigenvalue weighted by Crippen LogP contribution is -2.32. The predicted octanol–water partition coefficient (Wildman–Crippen LogP) is 1.70. The molecule has 0 rings (SSSR count). The number of hydrogen-bond donors (Lipinski definition) is 1. The average molecular weight is 160 g/mol. The van der Waals surface area contributed by atoms with Crippen molar-refractivity contribution in [2.24, 2.45) is 5.73 Å². The molecule has 0 aromatic rings. The van der Waals surface area contributed by atoms with Crippen LogP contribution in [0.3, 0.4) is 0 Å². The molecule has 0 aliphatic rings. The Bertz CT molecular complexity index is 62.6. The lowest BCUT2D eigenvalue weighted by Gasteiger charge is -2.15. The normalized spacial score (nSPS) is 12.3. The molecule has 0 aromatic heterocycles. The SMILES string of the molecule is CCC.CCN(C)CC(C)N. The summed E-state index contributed by atoms with van der Waals surface area (Å²) < 4.78 is 0. The molecule has 0 amide bonds. The fourth-order valence-corrected chi connectivity index (χ4v) is 0.621. The predicted molar refractivity (Wildman–Crippen MR) is 52.8 cm³/mol. The van der Waals surface area contributed by atoms with Crippen molar-refractivity contribution in [3.63, 3.8) is 0 Å². The summed E-state index contributed by atoms with van der Waals surface area (Å²) in [7, 11) is 2.07. The van der Waals surface area contributed by atoms with Crippen LogP contribution in [0, 0.1) is 0 Å². The number of likely N-dealkylation sites (N-methyl/N-ethyl adjacent to an activating group) is 1. The van der Waals surface area contributed by atoms with Gasteiger partial charge in [-0.05, 0) is 20.5 Å². The molecule has 0 radical (unpaired) electrons. The standard InChI is InChI=1S/C6H16N2.C3H8/c1-4-8(3)5-6(2)7;1-3-2/h6H,4-5,7H2,1-3H3;3H2,1-2H3. The maximum Gasteiger partial charge on any atom is 0.0139 e. The van der Waals surface area contributed by atoms with E-state index in [4.69, 9.17) is 5.73 Å². The monoisotopic (exact) mass is 160 g/mol. The molecule has 2 N–H and O–H groups in total. The Hall–Kier alpha value is -0.0800. The van der Waals surface area contributed by atoms with Gasteiger partial charge in [0.15, 0.2) is 0 Å². The topological polar surface area (TPSA) is 29.3 Å². The second kappa shape index (κ2) is 9.92. The summed E-state index contributed by atoms with van der Waals surface area (Å²) >= 11 is 0. The minimum absolute atomic E-state index is 0.306. The van der Waals surface area contributed by atoms with Crippen molar-refractivity contribution in [3.05, 3.63) is 0 Å². The van der Waals surface area contributed by atoms with Gasteiger partial charge in [-0.25, -0.2) is 0 Å². The van der Waals surface area contributed by atoms with Crippen LogP contribution in [0.5, 0.6) is 0 Å². The van der Waals surface area contributed by atoms with E-state index >= 15 is 0 Å². The minimum Gasteiger partial charge on any atom is -0.327 e. The van der Waals surface area contributed by atoms with E-state index in [-0.39, 0.29) is 0 Å². The molecular formula is C9H24N2. The Labute approximate surface area is 71.8 Å². The van der Waals surface area contributed by atoms with Crippen LogP contribution in [0.15, 0.2) is 0 Å². The molecule has 0 aliphatic carbocycles. The van der Waals surface area contributed by atoms with E-state index in [0.717, 1.165) is 13.1 Å². The number of nitrogens with two attached hydrogens (primary N) is 1. The molecule has 1 unspecified atom stereocenters. The summed E-state index contributed by atoms with van der Waals surface area (Å²) in [5.41, 5.74) is 5.53. The highest BCUT2D eigenvalue weighted by Crippen LogP contribution is 1.82. The average Bonchev–Trinajstić information content (AvgIpc) is 1.88. The van der Waals surface area contributed by atoms with Crippen molar-refractivity contribution in [3.8, 4) is 0 Å². The van der Waals surface area contributed by atoms with Gasteiger partial charge in [0.05, 0.1) is 0 Å². The van der Waals surface area contributed by atoms with Crippen LogP contribution >= 0.6 is 0 Å². The van der Waals surface area contributed by atoms with E-state index < -0.39 is 0 Å². The summed E-state index contributed by atoms with van der Waals surface area (Å²) in [6.07, 6.45) is 1.25. The lowest BCUT2D eigenvalue weighted by atomic mass is 10.3. The summed E-state index contributed by atoms with van der Waals surface area (Å²) in [6.45, 7) is 10.5. The molecule has 11 heavy (non-hydrogen) atoms. The first kappa shape index (κ1) is 13.5. The zero-order valence-electron chi connectivity index (χ0n) is 8.72. The van der Waals surface area contributed by atoms with Crippen molar-refractivity contribution in [2.45, 2.75) is 40.2 Å². The Balaban J connectivity index is 0. The molecule has 0 aromatic carbocycles. The van der Waals surface area contributed by atoms with E-state index in [1.165, 1.54) is 6.42 Å². The van der Waals surface area contributed by atoms with Crippen LogP contribution in [0.2, 0.25) is 0 Å². The maximum absolute atomic E-state index is 5.53. The molecule has 2 heteroatoms. The molecule has 2 nitrogen and oxygen atoms in total. The van der Waals surface area contributed by atoms with Gasteiger partial charge in [-0.3, -0.25) is 0 Å². The van der Waals surface area contributed by atoms with E-state index in [1.807, 2.05) is 6.92 Å². The van der Waals surface area contributed by atoms with Crippen LogP contribution in [-0.2, 0) is 0 Å². The highest BCUT2D eigenvalue weighted by atomic mass is 15.1. The van der Waals surface area contributed by atoms with Crippen molar-refractivity contribution < 1.29 is 0 Å². The summed E-state index contributed by atoms with van der Waals surface area (Å²) in [5.74, 6) is 0. The van der Waals surface area contributed by atoms with Crippen molar-refractivity contribution >= 4 is 0 Å². The zero-order chi connectivity index (χ0) is 9.28. The molecule has 0 spiro atoms. The van der Waals surface area contributed by atoms with E-state index in [9.17, 15) is 0 Å². The third-order valence-electron chi connectivity index (χ3n) is 1.14. The summed E-state index contributed by atoms with van der Waals surface area (Å²) in [5, 5.41) is 0. The zero-order valence-corrected chi connectivity index (χ0v) is 8.72. The van der Waals surface area contributed by atoms with Gasteiger partial charge in [0.2, 0.25) is 0 Å². The van der Waals surface area contributed by atoms with Crippen molar-refractivity contribution in [1.82, 2.24) is 4.90 Å². The van der Waals surface area contributed by atoms with Gasteiger partial charge >= 0.3 is 0 Å². The summed E-state index contributed by atoms with van der Waals surface area (Å²) in [6, 6.07) is 0.306. The fourth-order valence-electron chi connectivity index (χ4n) is 0.621. The van der Waals surface area contributed by atoms with E-state index in [1.54, 1.807) is 0 Å². The van der Waals surface area contributed by atoms with Gasteiger partial charge in [-0.2, -0.15) is 0 Å². The molecule has 70 valence electrons. The quantitative estimate of drug-likeness (QED) is 0.681. The van der Waals surface area contributed by atoms with Gasteiger partial charge in [0.25, 0.3) is 0 Å². The molecule has 1 atom stereocenters. The Kier molecular flexibility index (Phi) is 12.2. The van der Waals surface area contributed by atoms with Crippen LogP contribution in [0.1, 0.15) is 34.1 Å². The Morgan fingerprint density at radius 1 is 1.27 bits per heavy atom. The van der Waals surface area contributed by atoms with Crippen LogP contribution in [0.25, 0.3) is 0 Å². The Morgan fingerprint density at radius 2 is 1.64 bits per heavy atom. The molecule has 0 aliphatic heterocycles. The van der Waals surface area contributed by atoms with Crippen molar-refractivity contribution in [2.75, 3.05) is 20.1 Å². The molecule has 0 saturated carbocycles. The summed E-state index contributed by atoms with van der Waals surface area (Å²) in [4.78, 5) is 2.20. The molecule has 0 heterocycles. The van der Waals surface area contributed by atoms with Gasteiger partial charge in [-0.1, -0.05) is 27.2 Å². The van der Waals surface area contributed by atoms with Crippen LogP contribution in [0.4, 0.5) is 0 Å². The fraction of sp³-hybridized carbons (Fsp3) is 1.00. The largest absolute Gasteiger partial charge is 0.327 e. The van der Waals surface area contributed by atoms with Crippen molar-refractivity contribution in [1.29, 1.82) is 0 Å². The highest BCUT2D eigenvalue weighted by molar-refractivity contribution is 4.56. The Morgan fingerprint density at radius 3 is 1.73 bits per heavy atom. The molecule has 0 bridgehead atoms. The highest BCUT2D eigenvalue weighted by Gasteiger charge is 1.96. The van der Waals surface area contributed by atoms with Gasteiger partial charge in [0, 0.05) is 12.6 Å². The maximum atomic E-state index is 5.53. The third-order valence-corrected chi connectivity index (χ3v) is 1.14. The second-order valence-corrected chi connectivity index (χ2v) is 3.04. The third kappa shape index (κ3) is 17.8. The van der Waals surface area contributed by atoms with E-state index in [0.29, 0.717) is 6.04 Å². The van der Waals surface area contributed by atoms with Gasteiger partial charge in [0.1, 0.15) is 0 Å². The van der Waals surface area contributed by atoms with Crippen LogP contribution in [-0.4, -0.2) is 31.1 Å². The molecule has 0 fully saturated rings. The van der Waals surface area contributed by atoms with E-state index in [2.05, 4.69) is 32.7 Å². The number of hydrogen-bond acceptors (Lipinski definition) is 2. The first-order chi connectivity index (χ1) is 5.08. The smallest absolute Gasteiger partial charge is 0.0139 e. The van der Waals surface area contributed by atoms with Gasteiger partial charge in [-0.15, -0.1) is 0 Å². The first-order valence-corrected chi connectivity index (χ1v) is 4.52. The number of rotatable bonds is 3. The van der Waals surface area contributed by atoms with Crippen LogP contribution < -0.4 is 5.73 Å².